The van der Waals surface area contributed by atoms with Crippen molar-refractivity contribution < 1.29 is 22.7 Å². The van der Waals surface area contributed by atoms with Crippen molar-refractivity contribution in [3.8, 4) is 0 Å². The second-order valence-corrected chi connectivity index (χ2v) is 10.5. The fourth-order valence-corrected chi connectivity index (χ4v) is 6.03. The molecule has 1 amide bonds. The Hall–Kier alpha value is -1.64. The number of carbonyl (C=O) groups is 2. The van der Waals surface area contributed by atoms with Crippen LogP contribution in [0.25, 0.3) is 0 Å². The Balaban J connectivity index is 1.68. The van der Waals surface area contributed by atoms with Gasteiger partial charge in [0.2, 0.25) is 10.0 Å². The number of rotatable bonds is 6. The minimum atomic E-state index is -3.78. The Labute approximate surface area is 183 Å². The lowest BCUT2D eigenvalue weighted by Crippen LogP contribution is -2.46. The van der Waals surface area contributed by atoms with Crippen LogP contribution in [0.1, 0.15) is 62.7 Å². The van der Waals surface area contributed by atoms with Crippen LogP contribution in [0.15, 0.2) is 23.1 Å². The molecule has 1 aliphatic heterocycles. The lowest BCUT2D eigenvalue weighted by Gasteiger charge is -2.30. The van der Waals surface area contributed by atoms with Crippen LogP contribution in [0.4, 0.5) is 0 Å². The summed E-state index contributed by atoms with van der Waals surface area (Å²) in [6.07, 6.45) is 4.83. The Kier molecular flexibility index (Phi) is 7.42. The third kappa shape index (κ3) is 5.15. The van der Waals surface area contributed by atoms with Gasteiger partial charge in [-0.2, -0.15) is 4.31 Å². The number of esters is 1. The molecule has 1 saturated carbocycles. The summed E-state index contributed by atoms with van der Waals surface area (Å²) < 4.78 is 32.3. The summed E-state index contributed by atoms with van der Waals surface area (Å²) in [5.74, 6) is -0.718. The van der Waals surface area contributed by atoms with Crippen LogP contribution in [0.5, 0.6) is 0 Å². The van der Waals surface area contributed by atoms with Crippen molar-refractivity contribution in [3.05, 3.63) is 28.8 Å². The van der Waals surface area contributed by atoms with Gasteiger partial charge >= 0.3 is 5.97 Å². The van der Waals surface area contributed by atoms with E-state index in [-0.39, 0.29) is 27.4 Å². The summed E-state index contributed by atoms with van der Waals surface area (Å²) in [7, 11) is -3.78. The van der Waals surface area contributed by atoms with Crippen molar-refractivity contribution in [2.75, 3.05) is 13.1 Å². The number of benzene rings is 1. The minimum absolute atomic E-state index is 0.0443. The molecule has 3 rings (SSSR count). The highest BCUT2D eigenvalue weighted by molar-refractivity contribution is 7.89. The highest BCUT2D eigenvalue weighted by atomic mass is 35.5. The summed E-state index contributed by atoms with van der Waals surface area (Å²) in [5.41, 5.74) is 0.0443. The zero-order valence-electron chi connectivity index (χ0n) is 17.4. The van der Waals surface area contributed by atoms with E-state index in [1.54, 1.807) is 0 Å². The maximum atomic E-state index is 12.8. The second kappa shape index (κ2) is 9.66. The van der Waals surface area contributed by atoms with Gasteiger partial charge in [-0.25, -0.2) is 13.2 Å². The van der Waals surface area contributed by atoms with E-state index in [2.05, 4.69) is 12.2 Å². The van der Waals surface area contributed by atoms with Crippen LogP contribution in [-0.4, -0.2) is 49.8 Å². The largest absolute Gasteiger partial charge is 0.449 e. The number of carbonyl (C=O) groups excluding carboxylic acids is 2. The van der Waals surface area contributed by atoms with E-state index < -0.39 is 22.1 Å². The molecule has 1 aliphatic carbocycles. The van der Waals surface area contributed by atoms with Crippen molar-refractivity contribution >= 4 is 33.5 Å². The van der Waals surface area contributed by atoms with E-state index in [1.165, 1.54) is 29.4 Å². The first-order valence-corrected chi connectivity index (χ1v) is 12.3. The van der Waals surface area contributed by atoms with Gasteiger partial charge in [0.05, 0.1) is 10.6 Å². The Bertz CT molecular complexity index is 899. The smallest absolute Gasteiger partial charge is 0.338 e. The van der Waals surface area contributed by atoms with Gasteiger partial charge in [-0.1, -0.05) is 31.4 Å². The number of halogens is 1. The Morgan fingerprint density at radius 2 is 1.83 bits per heavy atom. The van der Waals surface area contributed by atoms with Crippen LogP contribution < -0.4 is 5.32 Å². The molecule has 0 aromatic heterocycles. The minimum Gasteiger partial charge on any atom is -0.449 e. The Morgan fingerprint density at radius 3 is 2.50 bits per heavy atom. The quantitative estimate of drug-likeness (QED) is 0.662. The van der Waals surface area contributed by atoms with Gasteiger partial charge < -0.3 is 10.1 Å². The normalized spacial score (nSPS) is 23.7. The highest BCUT2D eigenvalue weighted by Gasteiger charge is 2.31. The maximum Gasteiger partial charge on any atom is 0.338 e. The third-order valence-corrected chi connectivity index (χ3v) is 8.32. The van der Waals surface area contributed by atoms with E-state index in [0.717, 1.165) is 38.5 Å². The van der Waals surface area contributed by atoms with E-state index in [4.69, 9.17) is 16.3 Å². The fourth-order valence-electron chi connectivity index (χ4n) is 4.01. The molecule has 1 heterocycles. The van der Waals surface area contributed by atoms with Gasteiger partial charge in [0.1, 0.15) is 4.90 Å². The zero-order valence-corrected chi connectivity index (χ0v) is 19.0. The predicted molar refractivity (Wildman–Crippen MR) is 114 cm³/mol. The fraction of sp³-hybridized carbons (Fsp3) is 0.619. The first-order chi connectivity index (χ1) is 14.2. The molecular formula is C21H29ClN2O5S. The molecule has 0 spiro atoms. The predicted octanol–water partition coefficient (Wildman–Crippen LogP) is 3.36. The van der Waals surface area contributed by atoms with Gasteiger partial charge in [-0.3, -0.25) is 4.79 Å². The zero-order chi connectivity index (χ0) is 21.9. The molecule has 0 unspecified atom stereocenters. The first kappa shape index (κ1) is 23.0. The molecule has 1 aromatic rings. The monoisotopic (exact) mass is 456 g/mol. The molecule has 0 radical (unpaired) electrons. The average molecular weight is 457 g/mol. The molecule has 7 nitrogen and oxygen atoms in total. The van der Waals surface area contributed by atoms with Gasteiger partial charge in [0.25, 0.3) is 5.91 Å². The van der Waals surface area contributed by atoms with Crippen LogP contribution >= 0.6 is 11.6 Å². The van der Waals surface area contributed by atoms with Gasteiger partial charge in [0, 0.05) is 19.1 Å². The van der Waals surface area contributed by atoms with Crippen molar-refractivity contribution in [1.29, 1.82) is 0 Å². The van der Waals surface area contributed by atoms with Crippen molar-refractivity contribution in [1.82, 2.24) is 9.62 Å². The Morgan fingerprint density at radius 1 is 1.17 bits per heavy atom. The van der Waals surface area contributed by atoms with E-state index in [9.17, 15) is 18.0 Å². The van der Waals surface area contributed by atoms with Crippen LogP contribution in [-0.2, 0) is 19.6 Å². The van der Waals surface area contributed by atoms with Crippen LogP contribution in [0.3, 0.4) is 0 Å². The summed E-state index contributed by atoms with van der Waals surface area (Å²) in [6, 6.07) is 4.09. The maximum absolute atomic E-state index is 12.8. The van der Waals surface area contributed by atoms with Crippen molar-refractivity contribution in [2.24, 2.45) is 5.92 Å². The van der Waals surface area contributed by atoms with E-state index in [1.807, 2.05) is 0 Å². The van der Waals surface area contributed by atoms with Crippen molar-refractivity contribution in [3.63, 3.8) is 0 Å². The SMILES string of the molecule is C[C@H](OC(=O)c1ccc(Cl)c(S(=O)(=O)N2CCCC2)c1)C(=O)N[C@H]1CCCC[C@@H]1C. The lowest BCUT2D eigenvalue weighted by atomic mass is 9.86. The molecule has 3 atom stereocenters. The number of hydrogen-bond acceptors (Lipinski definition) is 5. The third-order valence-electron chi connectivity index (χ3n) is 5.94. The van der Waals surface area contributed by atoms with E-state index >= 15 is 0 Å². The molecule has 1 saturated heterocycles. The molecular weight excluding hydrogens is 428 g/mol. The molecule has 2 fully saturated rings. The highest BCUT2D eigenvalue weighted by Crippen LogP contribution is 2.28. The number of hydrogen-bond donors (Lipinski definition) is 1. The number of nitrogens with zero attached hydrogens (tertiary/aromatic N) is 1. The summed E-state index contributed by atoms with van der Waals surface area (Å²) in [6.45, 7) is 4.49. The standard InChI is InChI=1S/C21H29ClN2O5S/c1-14-7-3-4-8-18(14)23-20(25)15(2)29-21(26)16-9-10-17(22)19(13-16)30(27,28)24-11-5-6-12-24/h9-10,13-15,18H,3-8,11-12H2,1-2H3,(H,23,25)/t14-,15-,18-/m0/s1. The van der Waals surface area contributed by atoms with Crippen LogP contribution in [0, 0.1) is 5.92 Å². The summed E-state index contributed by atoms with van der Waals surface area (Å²) in [5, 5.41) is 3.02. The lowest BCUT2D eigenvalue weighted by molar-refractivity contribution is -0.130. The van der Waals surface area contributed by atoms with E-state index in [0.29, 0.717) is 19.0 Å². The molecule has 166 valence electrons. The second-order valence-electron chi connectivity index (χ2n) is 8.18. The number of sulfonamides is 1. The van der Waals surface area contributed by atoms with Gasteiger partial charge in [0.15, 0.2) is 6.10 Å². The number of ether oxygens (including phenoxy) is 1. The first-order valence-electron chi connectivity index (χ1n) is 10.5. The molecule has 1 N–H and O–H groups in total. The molecule has 1 aromatic carbocycles. The molecule has 30 heavy (non-hydrogen) atoms. The molecule has 0 bridgehead atoms. The number of nitrogens with one attached hydrogen (secondary N) is 1. The van der Waals surface area contributed by atoms with Gasteiger partial charge in [-0.05, 0) is 56.7 Å². The average Bonchev–Trinajstić information content (AvgIpc) is 3.25. The topological polar surface area (TPSA) is 92.8 Å². The van der Waals surface area contributed by atoms with Crippen molar-refractivity contribution in [2.45, 2.75) is 69.4 Å². The van der Waals surface area contributed by atoms with Gasteiger partial charge in [-0.15, -0.1) is 0 Å². The molecule has 2 aliphatic rings. The number of amides is 1. The summed E-state index contributed by atoms with van der Waals surface area (Å²) >= 11 is 6.12. The summed E-state index contributed by atoms with van der Waals surface area (Å²) in [4.78, 5) is 24.9. The molecule has 9 heteroatoms. The van der Waals surface area contributed by atoms with Crippen LogP contribution in [0.2, 0.25) is 5.02 Å².